The van der Waals surface area contributed by atoms with Crippen molar-refractivity contribution in [3.8, 4) is 5.75 Å². The lowest BCUT2D eigenvalue weighted by Gasteiger charge is -2.14. The quantitative estimate of drug-likeness (QED) is 0.354. The third kappa shape index (κ3) is 4.84. The van der Waals surface area contributed by atoms with Crippen molar-refractivity contribution in [3.05, 3.63) is 64.3 Å². The molecule has 0 spiro atoms. The highest BCUT2D eigenvalue weighted by atomic mass is 32.2. The van der Waals surface area contributed by atoms with Gasteiger partial charge < -0.3 is 15.5 Å². The highest BCUT2D eigenvalue weighted by Gasteiger charge is 2.32. The lowest BCUT2D eigenvalue weighted by atomic mass is 10.1. The molecule has 0 atom stereocenters. The molecule has 0 unspecified atom stereocenters. The van der Waals surface area contributed by atoms with Crippen molar-refractivity contribution in [2.24, 2.45) is 0 Å². The number of hydrogen-bond donors (Lipinski definition) is 3. The van der Waals surface area contributed by atoms with E-state index >= 15 is 0 Å². The number of thioether (sulfide) groups is 1. The number of carboxylic acids is 1. The average molecular weight is 446 g/mol. The topological polar surface area (TPSA) is 107 Å². The first-order chi connectivity index (χ1) is 14.3. The van der Waals surface area contributed by atoms with Crippen LogP contribution < -0.4 is 5.32 Å². The summed E-state index contributed by atoms with van der Waals surface area (Å²) in [4.78, 5) is 37.5. The second-order valence-electron chi connectivity index (χ2n) is 6.19. The summed E-state index contributed by atoms with van der Waals surface area (Å²) in [6.07, 6.45) is 1.27. The largest absolute Gasteiger partial charge is 0.508 e. The zero-order valence-corrected chi connectivity index (χ0v) is 16.9. The van der Waals surface area contributed by atoms with Gasteiger partial charge in [-0.3, -0.25) is 14.5 Å². The van der Waals surface area contributed by atoms with E-state index in [1.54, 1.807) is 12.1 Å². The van der Waals surface area contributed by atoms with Crippen LogP contribution in [0.5, 0.6) is 5.75 Å². The number of anilines is 1. The van der Waals surface area contributed by atoms with Crippen molar-refractivity contribution in [1.29, 1.82) is 0 Å². The normalized spacial score (nSPS) is 15.0. The Bertz CT molecular complexity index is 1090. The predicted octanol–water partition coefficient (Wildman–Crippen LogP) is 3.46. The van der Waals surface area contributed by atoms with Crippen molar-refractivity contribution < 1.29 is 29.0 Å². The lowest BCUT2D eigenvalue weighted by molar-refractivity contribution is -0.122. The van der Waals surface area contributed by atoms with Crippen molar-refractivity contribution in [2.45, 2.75) is 6.42 Å². The van der Waals surface area contributed by atoms with Crippen LogP contribution in [-0.2, 0) is 9.59 Å². The van der Waals surface area contributed by atoms with Gasteiger partial charge >= 0.3 is 5.97 Å². The number of amides is 2. The Labute approximate surface area is 180 Å². The minimum atomic E-state index is -1.31. The highest BCUT2D eigenvalue weighted by molar-refractivity contribution is 8.26. The molecule has 1 saturated heterocycles. The van der Waals surface area contributed by atoms with Gasteiger partial charge in [-0.05, 0) is 30.3 Å². The summed E-state index contributed by atoms with van der Waals surface area (Å²) in [6.45, 7) is -0.0222. The number of carboxylic acid groups (broad SMARTS) is 1. The number of carbonyl (C=O) groups is 3. The molecule has 0 radical (unpaired) electrons. The Morgan fingerprint density at radius 3 is 2.67 bits per heavy atom. The Hall–Kier alpha value is -3.24. The number of carbonyl (C=O) groups excluding carboxylic acids is 2. The molecule has 7 nitrogen and oxygen atoms in total. The van der Waals surface area contributed by atoms with Gasteiger partial charge in [-0.2, -0.15) is 0 Å². The molecule has 1 fully saturated rings. The molecular weight excluding hydrogens is 431 g/mol. The van der Waals surface area contributed by atoms with Crippen LogP contribution in [0.4, 0.5) is 10.1 Å². The number of aromatic hydroxyl groups is 1. The van der Waals surface area contributed by atoms with E-state index in [0.29, 0.717) is 0 Å². The van der Waals surface area contributed by atoms with Gasteiger partial charge in [0.05, 0.1) is 16.2 Å². The van der Waals surface area contributed by atoms with E-state index in [9.17, 15) is 29.0 Å². The molecule has 154 valence electrons. The zero-order valence-electron chi connectivity index (χ0n) is 15.3. The van der Waals surface area contributed by atoms with Crippen LogP contribution >= 0.6 is 24.0 Å². The van der Waals surface area contributed by atoms with Crippen LogP contribution in [0.2, 0.25) is 0 Å². The minimum absolute atomic E-state index is 0.0222. The maximum absolute atomic E-state index is 13.8. The van der Waals surface area contributed by atoms with E-state index in [4.69, 9.17) is 12.2 Å². The molecule has 1 aliphatic rings. The second-order valence-corrected chi connectivity index (χ2v) is 7.86. The predicted molar refractivity (Wildman–Crippen MR) is 115 cm³/mol. The number of aromatic carboxylic acids is 1. The molecule has 3 N–H and O–H groups in total. The van der Waals surface area contributed by atoms with Gasteiger partial charge in [0, 0.05) is 18.5 Å². The standard InChI is InChI=1S/C20H15FN2O5S2/c21-14-4-2-1-3-11(14)9-16-18(26)23(20(29)30-16)8-7-17(25)22-15-6-5-12(24)10-13(15)19(27)28/h1-6,9-10,24H,7-8H2,(H,22,25)(H,27,28)/b16-9-. The van der Waals surface area contributed by atoms with Crippen LogP contribution in [0.3, 0.4) is 0 Å². The third-order valence-corrected chi connectivity index (χ3v) is 5.51. The number of phenols is 1. The fourth-order valence-electron chi connectivity index (χ4n) is 2.67. The van der Waals surface area contributed by atoms with Gasteiger partial charge in [-0.1, -0.05) is 42.2 Å². The number of nitrogens with one attached hydrogen (secondary N) is 1. The molecule has 0 aromatic heterocycles. The van der Waals surface area contributed by atoms with E-state index in [-0.39, 0.29) is 44.8 Å². The maximum atomic E-state index is 13.8. The van der Waals surface area contributed by atoms with Crippen LogP contribution in [0.1, 0.15) is 22.3 Å². The number of thiocarbonyl (C=S) groups is 1. The molecule has 0 bridgehead atoms. The molecule has 2 aromatic carbocycles. The van der Waals surface area contributed by atoms with Gasteiger partial charge in [0.15, 0.2) is 0 Å². The Balaban J connectivity index is 1.66. The van der Waals surface area contributed by atoms with Crippen molar-refractivity contribution in [3.63, 3.8) is 0 Å². The molecule has 2 amide bonds. The first-order valence-corrected chi connectivity index (χ1v) is 9.85. The molecule has 2 aromatic rings. The van der Waals surface area contributed by atoms with Crippen molar-refractivity contribution in [1.82, 2.24) is 4.90 Å². The summed E-state index contributed by atoms with van der Waals surface area (Å²) < 4.78 is 14.1. The number of hydrogen-bond acceptors (Lipinski definition) is 6. The van der Waals surface area contributed by atoms with E-state index in [1.807, 2.05) is 0 Å². The second kappa shape index (κ2) is 9.06. The average Bonchev–Trinajstić information content (AvgIpc) is 2.96. The van der Waals surface area contributed by atoms with Crippen molar-refractivity contribution in [2.75, 3.05) is 11.9 Å². The maximum Gasteiger partial charge on any atom is 0.337 e. The zero-order chi connectivity index (χ0) is 21.8. The number of rotatable bonds is 6. The fourth-order valence-corrected chi connectivity index (χ4v) is 3.97. The number of halogens is 1. The van der Waals surface area contributed by atoms with Gasteiger partial charge in [-0.25, -0.2) is 9.18 Å². The van der Waals surface area contributed by atoms with Crippen molar-refractivity contribution >= 4 is 57.8 Å². The Morgan fingerprint density at radius 1 is 1.23 bits per heavy atom. The SMILES string of the molecule is O=C(CCN1C(=O)/C(=C/c2ccccc2F)SC1=S)Nc1ccc(O)cc1C(=O)O. The molecule has 0 saturated carbocycles. The molecule has 0 aliphatic carbocycles. The molecule has 10 heteroatoms. The van der Waals surface area contributed by atoms with E-state index in [1.165, 1.54) is 35.2 Å². The first kappa shape index (κ1) is 21.5. The van der Waals surface area contributed by atoms with Gasteiger partial charge in [0.25, 0.3) is 5.91 Å². The molecular formula is C20H15FN2O5S2. The fraction of sp³-hybridized carbons (Fsp3) is 0.100. The number of phenolic OH excluding ortho intramolecular Hbond substituents is 1. The van der Waals surface area contributed by atoms with Gasteiger partial charge in [-0.15, -0.1) is 0 Å². The lowest BCUT2D eigenvalue weighted by Crippen LogP contribution is -2.31. The molecule has 30 heavy (non-hydrogen) atoms. The Morgan fingerprint density at radius 2 is 1.97 bits per heavy atom. The Kier molecular flexibility index (Phi) is 6.48. The first-order valence-electron chi connectivity index (χ1n) is 8.62. The van der Waals surface area contributed by atoms with Gasteiger partial charge in [0.2, 0.25) is 5.91 Å². The smallest absolute Gasteiger partial charge is 0.337 e. The van der Waals surface area contributed by atoms with Crippen LogP contribution in [0, 0.1) is 5.82 Å². The third-order valence-electron chi connectivity index (χ3n) is 4.14. The van der Waals surface area contributed by atoms with Gasteiger partial charge in [0.1, 0.15) is 15.9 Å². The molecule has 1 aliphatic heterocycles. The summed E-state index contributed by atoms with van der Waals surface area (Å²) in [7, 11) is 0. The number of benzene rings is 2. The van der Waals surface area contributed by atoms with Crippen LogP contribution in [0.25, 0.3) is 6.08 Å². The van der Waals surface area contributed by atoms with E-state index in [0.717, 1.165) is 17.8 Å². The summed E-state index contributed by atoms with van der Waals surface area (Å²) in [5.41, 5.74) is 0.0150. The van der Waals surface area contributed by atoms with E-state index in [2.05, 4.69) is 5.32 Å². The highest BCUT2D eigenvalue weighted by Crippen LogP contribution is 2.33. The van der Waals surface area contributed by atoms with Crippen LogP contribution in [0.15, 0.2) is 47.4 Å². The summed E-state index contributed by atoms with van der Waals surface area (Å²) >= 11 is 6.20. The number of nitrogens with zero attached hydrogens (tertiary/aromatic N) is 1. The minimum Gasteiger partial charge on any atom is -0.508 e. The van der Waals surface area contributed by atoms with Crippen LogP contribution in [-0.4, -0.2) is 43.8 Å². The monoisotopic (exact) mass is 446 g/mol. The molecule has 1 heterocycles. The summed E-state index contributed by atoms with van der Waals surface area (Å²) in [5.74, 6) is -2.99. The summed E-state index contributed by atoms with van der Waals surface area (Å²) in [5, 5.41) is 21.0. The van der Waals surface area contributed by atoms with E-state index < -0.39 is 23.6 Å². The summed E-state index contributed by atoms with van der Waals surface area (Å²) in [6, 6.07) is 9.55. The molecule has 3 rings (SSSR count).